The van der Waals surface area contributed by atoms with Gasteiger partial charge in [0, 0.05) is 12.0 Å². The first-order chi connectivity index (χ1) is 15.4. The summed E-state index contributed by atoms with van der Waals surface area (Å²) in [6.45, 7) is -0.203. The zero-order valence-corrected chi connectivity index (χ0v) is 17.1. The van der Waals surface area contributed by atoms with Crippen molar-refractivity contribution in [1.29, 1.82) is 0 Å². The van der Waals surface area contributed by atoms with Crippen molar-refractivity contribution >= 4 is 11.8 Å². The van der Waals surface area contributed by atoms with Gasteiger partial charge in [0.05, 0.1) is 31.0 Å². The summed E-state index contributed by atoms with van der Waals surface area (Å²) in [6.07, 6.45) is 1.20. The van der Waals surface area contributed by atoms with Gasteiger partial charge < -0.3 is 19.9 Å². The van der Waals surface area contributed by atoms with E-state index >= 15 is 0 Å². The van der Waals surface area contributed by atoms with Crippen molar-refractivity contribution in [2.24, 2.45) is 16.6 Å². The Morgan fingerprint density at radius 1 is 1.31 bits per heavy atom. The number of ketones is 1. The molecular weight excluding hydrogens is 429 g/mol. The topological polar surface area (TPSA) is 109 Å². The quantitative estimate of drug-likeness (QED) is 0.645. The molecule has 3 heterocycles. The van der Waals surface area contributed by atoms with Crippen LogP contribution in [0.5, 0.6) is 5.88 Å². The molecule has 0 amide bonds. The summed E-state index contributed by atoms with van der Waals surface area (Å²) in [7, 11) is 0. The Balaban J connectivity index is 1.65. The number of carbonyl (C=O) groups excluding carboxylic acids is 1. The molecule has 2 aliphatic heterocycles. The van der Waals surface area contributed by atoms with Crippen molar-refractivity contribution < 1.29 is 32.2 Å². The van der Waals surface area contributed by atoms with Gasteiger partial charge in [-0.1, -0.05) is 6.07 Å². The minimum absolute atomic E-state index is 0.0219. The lowest BCUT2D eigenvalue weighted by Crippen LogP contribution is -2.51. The van der Waals surface area contributed by atoms with Crippen LogP contribution < -0.4 is 10.5 Å². The van der Waals surface area contributed by atoms with Gasteiger partial charge in [-0.3, -0.25) is 4.79 Å². The molecule has 2 aliphatic rings. The maximum Gasteiger partial charge on any atom is 0.283 e. The Morgan fingerprint density at radius 2 is 2.12 bits per heavy atom. The Morgan fingerprint density at radius 3 is 2.81 bits per heavy atom. The van der Waals surface area contributed by atoms with Gasteiger partial charge in [0.1, 0.15) is 29.8 Å². The van der Waals surface area contributed by atoms with Gasteiger partial charge in [0.15, 0.2) is 5.78 Å². The third-order valence-electron chi connectivity index (χ3n) is 5.76. The Kier molecular flexibility index (Phi) is 6.00. The number of alkyl halides is 2. The minimum atomic E-state index is -1.63. The fraction of sp³-hybridized carbons (Fsp3) is 0.429. The standard InChI is InChI=1S/C21H21F3N4O4/c1-11-19-14(8-30-11)21(9-22,28-20(25)32-19)13-4-12(2-3-15(13)24)5-17(29)16-6-27-18(7-26-16)31-10-23/h2-4,6-7,11,14,19H,5,8-10H2,1H3,(H2,25,28)/t11-,14+,19-,21-/m1/s1. The van der Waals surface area contributed by atoms with Crippen LogP contribution in [0, 0.1) is 11.7 Å². The summed E-state index contributed by atoms with van der Waals surface area (Å²) in [5.41, 5.74) is 4.59. The van der Waals surface area contributed by atoms with Crippen LogP contribution in [0.1, 0.15) is 28.5 Å². The Bertz CT molecular complexity index is 1040. The van der Waals surface area contributed by atoms with Gasteiger partial charge in [0.25, 0.3) is 6.02 Å². The van der Waals surface area contributed by atoms with Gasteiger partial charge in [-0.25, -0.2) is 28.1 Å². The molecule has 1 aromatic heterocycles. The molecule has 4 atom stereocenters. The summed E-state index contributed by atoms with van der Waals surface area (Å²) < 4.78 is 57.3. The van der Waals surface area contributed by atoms with Crippen LogP contribution in [0.25, 0.3) is 0 Å². The van der Waals surface area contributed by atoms with E-state index < -0.39 is 42.7 Å². The van der Waals surface area contributed by atoms with Crippen LogP contribution >= 0.6 is 0 Å². The van der Waals surface area contributed by atoms with Crippen molar-refractivity contribution in [2.75, 3.05) is 20.1 Å². The monoisotopic (exact) mass is 450 g/mol. The molecule has 2 aromatic rings. The summed E-state index contributed by atoms with van der Waals surface area (Å²) in [5, 5.41) is 0. The molecule has 8 nitrogen and oxygen atoms in total. The highest BCUT2D eigenvalue weighted by Gasteiger charge is 2.55. The molecule has 4 rings (SSSR count). The van der Waals surface area contributed by atoms with E-state index in [0.29, 0.717) is 5.56 Å². The lowest BCUT2D eigenvalue weighted by molar-refractivity contribution is 0.0334. The van der Waals surface area contributed by atoms with E-state index in [0.717, 1.165) is 18.5 Å². The number of ether oxygens (including phenoxy) is 3. The summed E-state index contributed by atoms with van der Waals surface area (Å²) in [4.78, 5) is 24.5. The number of benzene rings is 1. The number of hydrogen-bond donors (Lipinski definition) is 1. The highest BCUT2D eigenvalue weighted by Crippen LogP contribution is 2.45. The number of carbonyl (C=O) groups is 1. The smallest absolute Gasteiger partial charge is 0.283 e. The van der Waals surface area contributed by atoms with E-state index in [2.05, 4.69) is 19.7 Å². The molecule has 0 unspecified atom stereocenters. The number of nitrogens with zero attached hydrogens (tertiary/aromatic N) is 3. The van der Waals surface area contributed by atoms with Gasteiger partial charge in [-0.2, -0.15) is 0 Å². The van der Waals surface area contributed by atoms with Crippen molar-refractivity contribution in [3.8, 4) is 5.88 Å². The van der Waals surface area contributed by atoms with E-state index in [4.69, 9.17) is 15.2 Å². The first-order valence-corrected chi connectivity index (χ1v) is 9.90. The molecule has 1 fully saturated rings. The van der Waals surface area contributed by atoms with Crippen LogP contribution in [0.2, 0.25) is 0 Å². The molecule has 0 bridgehead atoms. The van der Waals surface area contributed by atoms with Crippen molar-refractivity contribution in [3.05, 3.63) is 53.2 Å². The van der Waals surface area contributed by atoms with Crippen LogP contribution in [0.3, 0.4) is 0 Å². The Labute approximate surface area is 181 Å². The lowest BCUT2D eigenvalue weighted by atomic mass is 9.75. The molecule has 1 aromatic carbocycles. The number of nitrogens with two attached hydrogens (primary N) is 1. The number of aromatic nitrogens is 2. The fourth-order valence-corrected chi connectivity index (χ4v) is 4.15. The van der Waals surface area contributed by atoms with Crippen LogP contribution in [-0.4, -0.2) is 54.1 Å². The molecule has 1 saturated heterocycles. The molecular formula is C21H21F3N4O4. The third kappa shape index (κ3) is 3.88. The number of fused-ring (bicyclic) bond motifs is 1. The zero-order valence-electron chi connectivity index (χ0n) is 17.1. The molecule has 32 heavy (non-hydrogen) atoms. The average molecular weight is 450 g/mol. The maximum atomic E-state index is 14.9. The number of halogens is 3. The summed E-state index contributed by atoms with van der Waals surface area (Å²) >= 11 is 0. The zero-order chi connectivity index (χ0) is 22.9. The second kappa shape index (κ2) is 8.73. The largest absolute Gasteiger partial charge is 0.459 e. The number of aliphatic imine (C=N–C) groups is 1. The molecule has 0 aliphatic carbocycles. The highest BCUT2D eigenvalue weighted by atomic mass is 19.1. The molecule has 0 radical (unpaired) electrons. The van der Waals surface area contributed by atoms with E-state index in [1.54, 1.807) is 6.92 Å². The van der Waals surface area contributed by atoms with Crippen molar-refractivity contribution in [2.45, 2.75) is 31.1 Å². The first kappa shape index (κ1) is 22.0. The predicted molar refractivity (Wildman–Crippen MR) is 106 cm³/mol. The van der Waals surface area contributed by atoms with Crippen LogP contribution in [0.15, 0.2) is 35.6 Å². The molecule has 0 spiro atoms. The van der Waals surface area contributed by atoms with Crippen LogP contribution in [0.4, 0.5) is 13.2 Å². The van der Waals surface area contributed by atoms with Gasteiger partial charge in [-0.15, -0.1) is 0 Å². The lowest BCUT2D eigenvalue weighted by Gasteiger charge is -2.40. The number of Topliss-reactive ketones (excluding diaryl/α,β-unsaturated/α-hetero) is 1. The van der Waals surface area contributed by atoms with Gasteiger partial charge in [-0.05, 0) is 24.6 Å². The normalized spacial score (nSPS) is 26.8. The van der Waals surface area contributed by atoms with Crippen molar-refractivity contribution in [1.82, 2.24) is 9.97 Å². The summed E-state index contributed by atoms with van der Waals surface area (Å²) in [6, 6.07) is 3.75. The fourth-order valence-electron chi connectivity index (χ4n) is 4.15. The SMILES string of the molecule is C[C@H]1OC[C@H]2[C@@H]1OC(N)=N[C@]2(CF)c1cc(CC(=O)c2cnc(OCF)cn2)ccc1F. The molecule has 0 saturated carbocycles. The van der Waals surface area contributed by atoms with E-state index in [1.165, 1.54) is 12.1 Å². The van der Waals surface area contributed by atoms with E-state index in [9.17, 15) is 18.0 Å². The number of rotatable bonds is 7. The predicted octanol–water partition coefficient (Wildman–Crippen LogP) is 2.26. The molecule has 2 N–H and O–H groups in total. The summed E-state index contributed by atoms with van der Waals surface area (Å²) in [5.74, 6) is -1.75. The number of hydrogen-bond acceptors (Lipinski definition) is 8. The molecule has 11 heteroatoms. The van der Waals surface area contributed by atoms with Crippen molar-refractivity contribution in [3.63, 3.8) is 0 Å². The second-order valence-electron chi connectivity index (χ2n) is 7.64. The van der Waals surface area contributed by atoms with Gasteiger partial charge >= 0.3 is 0 Å². The van der Waals surface area contributed by atoms with E-state index in [1.807, 2.05) is 0 Å². The highest BCUT2D eigenvalue weighted by molar-refractivity contribution is 5.95. The second-order valence-corrected chi connectivity index (χ2v) is 7.64. The average Bonchev–Trinajstić information content (AvgIpc) is 3.16. The van der Waals surface area contributed by atoms with Gasteiger partial charge in [0.2, 0.25) is 12.7 Å². The minimum Gasteiger partial charge on any atom is -0.459 e. The first-order valence-electron chi connectivity index (χ1n) is 9.90. The van der Waals surface area contributed by atoms with Crippen LogP contribution in [-0.2, 0) is 21.4 Å². The maximum absolute atomic E-state index is 14.9. The molecule has 170 valence electrons. The Hall–Kier alpha value is -3.21. The third-order valence-corrected chi connectivity index (χ3v) is 5.76. The van der Waals surface area contributed by atoms with E-state index in [-0.39, 0.29) is 42.3 Å². The number of amidine groups is 1.